The largest absolute Gasteiger partial charge is 0.324 e. The van der Waals surface area contributed by atoms with Crippen LogP contribution in [0.1, 0.15) is 45.4 Å². The number of anilines is 1. The maximum atomic E-state index is 12.3. The number of nitrogens with two attached hydrogens (primary N) is 1. The predicted octanol–water partition coefficient (Wildman–Crippen LogP) is 2.61. The van der Waals surface area contributed by atoms with Crippen molar-refractivity contribution in [2.75, 3.05) is 5.43 Å². The van der Waals surface area contributed by atoms with E-state index in [-0.39, 0.29) is 10.9 Å². The second kappa shape index (κ2) is 7.24. The molecule has 0 aromatic heterocycles. The highest BCUT2D eigenvalue weighted by molar-refractivity contribution is 7.89. The molecule has 1 aromatic carbocycles. The Balaban J connectivity index is 1.95. The number of nitrogen functional groups attached to an aromatic ring is 1. The van der Waals surface area contributed by atoms with Gasteiger partial charge in [-0.3, -0.25) is 5.84 Å². The third-order valence-corrected chi connectivity index (χ3v) is 5.73. The van der Waals surface area contributed by atoms with Gasteiger partial charge in [0, 0.05) is 11.7 Å². The van der Waals surface area contributed by atoms with Crippen molar-refractivity contribution in [2.45, 2.75) is 56.4 Å². The minimum absolute atomic E-state index is 0.0652. The van der Waals surface area contributed by atoms with Gasteiger partial charge in [-0.15, -0.1) is 0 Å². The fourth-order valence-corrected chi connectivity index (χ4v) is 4.30. The van der Waals surface area contributed by atoms with Crippen molar-refractivity contribution < 1.29 is 8.42 Å². The van der Waals surface area contributed by atoms with Gasteiger partial charge in [0.1, 0.15) is 0 Å². The molecule has 1 aliphatic rings. The van der Waals surface area contributed by atoms with Gasteiger partial charge in [0.25, 0.3) is 0 Å². The van der Waals surface area contributed by atoms with Crippen LogP contribution in [-0.4, -0.2) is 14.5 Å². The zero-order chi connectivity index (χ0) is 15.3. The summed E-state index contributed by atoms with van der Waals surface area (Å²) >= 11 is 0. The molecule has 0 heterocycles. The number of benzene rings is 1. The lowest BCUT2D eigenvalue weighted by molar-refractivity contribution is 0.297. The predicted molar refractivity (Wildman–Crippen MR) is 85.2 cm³/mol. The Morgan fingerprint density at radius 2 is 1.76 bits per heavy atom. The zero-order valence-corrected chi connectivity index (χ0v) is 13.3. The molecule has 21 heavy (non-hydrogen) atoms. The molecule has 0 atom stereocenters. The summed E-state index contributed by atoms with van der Waals surface area (Å²) in [6.45, 7) is 2.20. The standard InChI is InChI=1S/C15H25N3O2S/c1-2-3-12-4-6-14(7-5-12)18-21(19,20)15-10-8-13(17-16)9-11-15/h8-12,14,17-18H,2-7,16H2,1H3. The molecule has 0 bridgehead atoms. The number of sulfonamides is 1. The Kier molecular flexibility index (Phi) is 5.61. The molecule has 2 rings (SSSR count). The van der Waals surface area contributed by atoms with Gasteiger partial charge in [0.2, 0.25) is 10.0 Å². The van der Waals surface area contributed by atoms with Gasteiger partial charge in [-0.25, -0.2) is 13.1 Å². The summed E-state index contributed by atoms with van der Waals surface area (Å²) in [4.78, 5) is 0.289. The molecule has 0 spiro atoms. The fraction of sp³-hybridized carbons (Fsp3) is 0.600. The first-order valence-electron chi connectivity index (χ1n) is 7.64. The molecule has 1 saturated carbocycles. The lowest BCUT2D eigenvalue weighted by Crippen LogP contribution is -2.37. The van der Waals surface area contributed by atoms with E-state index in [2.05, 4.69) is 17.1 Å². The van der Waals surface area contributed by atoms with Crippen LogP contribution in [0.5, 0.6) is 0 Å². The van der Waals surface area contributed by atoms with Crippen LogP contribution < -0.4 is 16.0 Å². The number of hydrogen-bond donors (Lipinski definition) is 3. The van der Waals surface area contributed by atoms with Gasteiger partial charge < -0.3 is 5.43 Å². The van der Waals surface area contributed by atoms with Crippen molar-refractivity contribution in [1.82, 2.24) is 4.72 Å². The van der Waals surface area contributed by atoms with E-state index in [1.807, 2.05) is 0 Å². The summed E-state index contributed by atoms with van der Waals surface area (Å²) in [5, 5.41) is 0. The summed E-state index contributed by atoms with van der Waals surface area (Å²) in [5.41, 5.74) is 3.18. The topological polar surface area (TPSA) is 84.2 Å². The van der Waals surface area contributed by atoms with E-state index in [4.69, 9.17) is 5.84 Å². The van der Waals surface area contributed by atoms with E-state index in [9.17, 15) is 8.42 Å². The van der Waals surface area contributed by atoms with Crippen molar-refractivity contribution in [2.24, 2.45) is 11.8 Å². The molecule has 0 unspecified atom stereocenters. The minimum atomic E-state index is -3.43. The second-order valence-corrected chi connectivity index (χ2v) is 7.51. The Morgan fingerprint density at radius 3 is 2.29 bits per heavy atom. The third kappa shape index (κ3) is 4.43. The smallest absolute Gasteiger partial charge is 0.240 e. The van der Waals surface area contributed by atoms with Crippen molar-refractivity contribution in [1.29, 1.82) is 0 Å². The van der Waals surface area contributed by atoms with E-state index in [1.165, 1.54) is 12.8 Å². The zero-order valence-electron chi connectivity index (χ0n) is 12.5. The summed E-state index contributed by atoms with van der Waals surface area (Å²) in [6, 6.07) is 6.52. The van der Waals surface area contributed by atoms with E-state index >= 15 is 0 Å². The van der Waals surface area contributed by atoms with Gasteiger partial charge in [0.15, 0.2) is 0 Å². The molecular formula is C15H25N3O2S. The Labute approximate surface area is 127 Å². The monoisotopic (exact) mass is 311 g/mol. The highest BCUT2D eigenvalue weighted by Gasteiger charge is 2.25. The van der Waals surface area contributed by atoms with E-state index < -0.39 is 10.0 Å². The minimum Gasteiger partial charge on any atom is -0.324 e. The fourth-order valence-electron chi connectivity index (χ4n) is 2.99. The molecule has 0 radical (unpaired) electrons. The van der Waals surface area contributed by atoms with Gasteiger partial charge >= 0.3 is 0 Å². The van der Waals surface area contributed by atoms with Crippen LogP contribution in [0.3, 0.4) is 0 Å². The first kappa shape index (κ1) is 16.3. The molecule has 5 nitrogen and oxygen atoms in total. The number of rotatable bonds is 6. The van der Waals surface area contributed by atoms with Gasteiger partial charge in [0.05, 0.1) is 4.90 Å². The van der Waals surface area contributed by atoms with Gasteiger partial charge in [-0.05, 0) is 55.9 Å². The molecule has 118 valence electrons. The third-order valence-electron chi connectivity index (χ3n) is 4.20. The normalized spacial score (nSPS) is 23.0. The maximum Gasteiger partial charge on any atom is 0.240 e. The van der Waals surface area contributed by atoms with E-state index in [0.717, 1.165) is 31.6 Å². The van der Waals surface area contributed by atoms with Crippen LogP contribution in [0.15, 0.2) is 29.2 Å². The molecule has 0 amide bonds. The maximum absolute atomic E-state index is 12.3. The molecule has 0 aliphatic heterocycles. The lowest BCUT2D eigenvalue weighted by atomic mass is 9.84. The van der Waals surface area contributed by atoms with Crippen LogP contribution in [0.4, 0.5) is 5.69 Å². The Hall–Kier alpha value is -1.11. The number of hydrogen-bond acceptors (Lipinski definition) is 4. The van der Waals surface area contributed by atoms with Crippen molar-refractivity contribution in [3.8, 4) is 0 Å². The van der Waals surface area contributed by atoms with E-state index in [1.54, 1.807) is 24.3 Å². The van der Waals surface area contributed by atoms with E-state index in [0.29, 0.717) is 5.69 Å². The second-order valence-electron chi connectivity index (χ2n) is 5.80. The first-order chi connectivity index (χ1) is 10.0. The summed E-state index contributed by atoms with van der Waals surface area (Å²) < 4.78 is 27.5. The van der Waals surface area contributed by atoms with Gasteiger partial charge in [-0.2, -0.15) is 0 Å². The van der Waals surface area contributed by atoms with Crippen molar-refractivity contribution >= 4 is 15.7 Å². The van der Waals surface area contributed by atoms with Gasteiger partial charge in [-0.1, -0.05) is 19.8 Å². The average Bonchev–Trinajstić information content (AvgIpc) is 2.49. The van der Waals surface area contributed by atoms with Crippen molar-refractivity contribution in [3.05, 3.63) is 24.3 Å². The van der Waals surface area contributed by atoms with Crippen LogP contribution in [0.2, 0.25) is 0 Å². The van der Waals surface area contributed by atoms with Crippen LogP contribution >= 0.6 is 0 Å². The molecule has 4 N–H and O–H groups in total. The summed E-state index contributed by atoms with van der Waals surface area (Å²) in [6.07, 6.45) is 6.59. The Bertz CT molecular complexity index is 535. The molecule has 0 saturated heterocycles. The highest BCUT2D eigenvalue weighted by atomic mass is 32.2. The molecule has 1 aromatic rings. The van der Waals surface area contributed by atoms with Crippen molar-refractivity contribution in [3.63, 3.8) is 0 Å². The quantitative estimate of drug-likeness (QED) is 0.557. The highest BCUT2D eigenvalue weighted by Crippen LogP contribution is 2.28. The van der Waals surface area contributed by atoms with Crippen LogP contribution in [0.25, 0.3) is 0 Å². The summed E-state index contributed by atoms with van der Waals surface area (Å²) in [5.74, 6) is 6.05. The van der Waals surface area contributed by atoms with Crippen LogP contribution in [0, 0.1) is 5.92 Å². The SMILES string of the molecule is CCCC1CCC(NS(=O)(=O)c2ccc(NN)cc2)CC1. The number of nitrogens with one attached hydrogen (secondary N) is 2. The van der Waals surface area contributed by atoms with Crippen LogP contribution in [-0.2, 0) is 10.0 Å². The average molecular weight is 311 g/mol. The summed E-state index contributed by atoms with van der Waals surface area (Å²) in [7, 11) is -3.43. The molecule has 1 aliphatic carbocycles. The molecular weight excluding hydrogens is 286 g/mol. The molecule has 1 fully saturated rings. The molecule has 6 heteroatoms. The Morgan fingerprint density at radius 1 is 1.14 bits per heavy atom. The lowest BCUT2D eigenvalue weighted by Gasteiger charge is -2.28. The first-order valence-corrected chi connectivity index (χ1v) is 9.12. The number of hydrazine groups is 1.